The highest BCUT2D eigenvalue weighted by atomic mass is 16.3. The summed E-state index contributed by atoms with van der Waals surface area (Å²) in [6.45, 7) is 1.91. The van der Waals surface area contributed by atoms with E-state index in [9.17, 15) is 9.90 Å². The molecule has 0 bridgehead atoms. The predicted molar refractivity (Wildman–Crippen MR) is 49.8 cm³/mol. The Labute approximate surface area is 72.9 Å². The van der Waals surface area contributed by atoms with Crippen molar-refractivity contribution in [2.75, 3.05) is 0 Å². The molecule has 0 aromatic heterocycles. The molecular formula is C10H14O2. The third kappa shape index (κ3) is 6.96. The lowest BCUT2D eigenvalue weighted by Gasteiger charge is -1.97. The van der Waals surface area contributed by atoms with Crippen molar-refractivity contribution in [1.82, 2.24) is 0 Å². The molecule has 0 heterocycles. The number of aliphatic hydroxyl groups excluding tert-OH is 1. The molecule has 12 heavy (non-hydrogen) atoms. The zero-order valence-electron chi connectivity index (χ0n) is 7.18. The van der Waals surface area contributed by atoms with E-state index in [1.165, 1.54) is 6.08 Å². The van der Waals surface area contributed by atoms with Gasteiger partial charge in [-0.3, -0.25) is 4.79 Å². The summed E-state index contributed by atoms with van der Waals surface area (Å²) in [4.78, 5) is 9.85. The van der Waals surface area contributed by atoms with E-state index in [4.69, 9.17) is 0 Å². The molecule has 1 unspecified atom stereocenters. The first-order valence-electron chi connectivity index (χ1n) is 3.89. The average Bonchev–Trinajstić information content (AvgIpc) is 2.06. The van der Waals surface area contributed by atoms with Crippen LogP contribution in [0.3, 0.4) is 0 Å². The van der Waals surface area contributed by atoms with Gasteiger partial charge in [0.2, 0.25) is 0 Å². The summed E-state index contributed by atoms with van der Waals surface area (Å²) < 4.78 is 0. The Balaban J connectivity index is 3.65. The van der Waals surface area contributed by atoms with E-state index in [2.05, 4.69) is 0 Å². The summed E-state index contributed by atoms with van der Waals surface area (Å²) in [5.74, 6) is 0. The Morgan fingerprint density at radius 1 is 1.33 bits per heavy atom. The van der Waals surface area contributed by atoms with Crippen LogP contribution in [0.5, 0.6) is 0 Å². The summed E-state index contributed by atoms with van der Waals surface area (Å²) in [6.07, 6.45) is 10.9. The number of aliphatic hydroxyl groups is 1. The van der Waals surface area contributed by atoms with Crippen LogP contribution in [-0.2, 0) is 4.79 Å². The van der Waals surface area contributed by atoms with Gasteiger partial charge in [-0.25, -0.2) is 0 Å². The first kappa shape index (κ1) is 10.8. The molecule has 0 fully saturated rings. The van der Waals surface area contributed by atoms with Gasteiger partial charge in [0.25, 0.3) is 0 Å². The summed E-state index contributed by atoms with van der Waals surface area (Å²) in [5, 5.41) is 9.21. The minimum atomic E-state index is -0.502. The molecule has 0 aliphatic rings. The molecule has 66 valence electrons. The normalized spacial score (nSPS) is 14.8. The van der Waals surface area contributed by atoms with Gasteiger partial charge in [-0.1, -0.05) is 30.4 Å². The van der Waals surface area contributed by atoms with Crippen LogP contribution in [0.1, 0.15) is 13.3 Å². The van der Waals surface area contributed by atoms with Crippen molar-refractivity contribution in [2.24, 2.45) is 0 Å². The van der Waals surface area contributed by atoms with Crippen LogP contribution in [0.4, 0.5) is 0 Å². The maximum Gasteiger partial charge on any atom is 0.142 e. The molecular weight excluding hydrogens is 152 g/mol. The lowest BCUT2D eigenvalue weighted by atomic mass is 10.2. The minimum absolute atomic E-state index is 0.479. The molecule has 0 rings (SSSR count). The zero-order valence-corrected chi connectivity index (χ0v) is 7.18. The van der Waals surface area contributed by atoms with Crippen LogP contribution in [0.2, 0.25) is 0 Å². The van der Waals surface area contributed by atoms with Crippen molar-refractivity contribution in [1.29, 1.82) is 0 Å². The number of carbonyl (C=O) groups is 1. The number of hydrogen-bond donors (Lipinski definition) is 1. The molecule has 0 aromatic rings. The number of aldehydes is 1. The van der Waals surface area contributed by atoms with E-state index in [1.54, 1.807) is 18.2 Å². The third-order valence-electron chi connectivity index (χ3n) is 1.23. The van der Waals surface area contributed by atoms with Crippen molar-refractivity contribution < 1.29 is 9.90 Å². The lowest BCUT2D eigenvalue weighted by Crippen LogP contribution is -1.98. The molecule has 2 nitrogen and oxygen atoms in total. The molecule has 2 heteroatoms. The van der Waals surface area contributed by atoms with Crippen molar-refractivity contribution in [3.63, 3.8) is 0 Å². The molecule has 0 aliphatic carbocycles. The Morgan fingerprint density at radius 3 is 2.67 bits per heavy atom. The molecule has 0 amide bonds. The van der Waals surface area contributed by atoms with E-state index in [1.807, 2.05) is 19.1 Å². The van der Waals surface area contributed by atoms with Crippen LogP contribution in [0.25, 0.3) is 0 Å². The summed E-state index contributed by atoms with van der Waals surface area (Å²) in [7, 11) is 0. The van der Waals surface area contributed by atoms with E-state index in [0.29, 0.717) is 12.7 Å². The second kappa shape index (κ2) is 7.95. The standard InChI is InChI=1S/C10H14O2/c1-2-3-4-7-10(12)8-5-6-9-11/h2-7,9-10,12H,8H2,1H3. The second-order valence-corrected chi connectivity index (χ2v) is 2.28. The van der Waals surface area contributed by atoms with Gasteiger partial charge in [0.15, 0.2) is 0 Å². The molecule has 0 radical (unpaired) electrons. The van der Waals surface area contributed by atoms with E-state index in [-0.39, 0.29) is 0 Å². The smallest absolute Gasteiger partial charge is 0.142 e. The third-order valence-corrected chi connectivity index (χ3v) is 1.23. The van der Waals surface area contributed by atoms with Gasteiger partial charge in [0.05, 0.1) is 6.10 Å². The van der Waals surface area contributed by atoms with E-state index < -0.39 is 6.10 Å². The Hall–Kier alpha value is -1.15. The highest BCUT2D eigenvalue weighted by Gasteiger charge is 1.92. The topological polar surface area (TPSA) is 37.3 Å². The van der Waals surface area contributed by atoms with Gasteiger partial charge < -0.3 is 5.11 Å². The molecule has 0 aromatic carbocycles. The van der Waals surface area contributed by atoms with Crippen LogP contribution >= 0.6 is 0 Å². The fourth-order valence-corrected chi connectivity index (χ4v) is 0.656. The van der Waals surface area contributed by atoms with Crippen molar-refractivity contribution in [3.05, 3.63) is 36.5 Å². The number of rotatable bonds is 5. The Morgan fingerprint density at radius 2 is 2.08 bits per heavy atom. The Bertz CT molecular complexity index is 190. The average molecular weight is 166 g/mol. The van der Waals surface area contributed by atoms with Gasteiger partial charge in [-0.15, -0.1) is 0 Å². The number of carbonyl (C=O) groups excluding carboxylic acids is 1. The van der Waals surface area contributed by atoms with Crippen LogP contribution in [0.15, 0.2) is 36.5 Å². The maximum atomic E-state index is 9.85. The minimum Gasteiger partial charge on any atom is -0.389 e. The summed E-state index contributed by atoms with van der Waals surface area (Å²) >= 11 is 0. The molecule has 0 saturated heterocycles. The summed E-state index contributed by atoms with van der Waals surface area (Å²) in [6, 6.07) is 0. The summed E-state index contributed by atoms with van der Waals surface area (Å²) in [5.41, 5.74) is 0. The van der Waals surface area contributed by atoms with Gasteiger partial charge >= 0.3 is 0 Å². The first-order chi connectivity index (χ1) is 5.81. The molecule has 1 N–H and O–H groups in total. The fourth-order valence-electron chi connectivity index (χ4n) is 0.656. The molecule has 0 spiro atoms. The van der Waals surface area contributed by atoms with Crippen LogP contribution in [-0.4, -0.2) is 17.5 Å². The van der Waals surface area contributed by atoms with E-state index in [0.717, 1.165) is 0 Å². The van der Waals surface area contributed by atoms with E-state index >= 15 is 0 Å². The largest absolute Gasteiger partial charge is 0.389 e. The number of hydrogen-bond acceptors (Lipinski definition) is 2. The van der Waals surface area contributed by atoms with Crippen molar-refractivity contribution in [3.8, 4) is 0 Å². The van der Waals surface area contributed by atoms with Crippen molar-refractivity contribution >= 4 is 6.29 Å². The van der Waals surface area contributed by atoms with Gasteiger partial charge in [0, 0.05) is 0 Å². The SMILES string of the molecule is CC=CC=CC(O)CC=CC=O. The van der Waals surface area contributed by atoms with Gasteiger partial charge in [-0.05, 0) is 19.4 Å². The van der Waals surface area contributed by atoms with Gasteiger partial charge in [-0.2, -0.15) is 0 Å². The van der Waals surface area contributed by atoms with Crippen molar-refractivity contribution in [2.45, 2.75) is 19.4 Å². The Kier molecular flexibility index (Phi) is 7.19. The quantitative estimate of drug-likeness (QED) is 0.383. The zero-order chi connectivity index (χ0) is 9.23. The molecule has 0 saturated carbocycles. The van der Waals surface area contributed by atoms with Gasteiger partial charge in [0.1, 0.15) is 6.29 Å². The maximum absolute atomic E-state index is 9.85. The molecule has 0 aliphatic heterocycles. The van der Waals surface area contributed by atoms with Crippen LogP contribution < -0.4 is 0 Å². The number of allylic oxidation sites excluding steroid dienone is 4. The first-order valence-corrected chi connectivity index (χ1v) is 3.89. The highest BCUT2D eigenvalue weighted by molar-refractivity contribution is 5.64. The monoisotopic (exact) mass is 166 g/mol. The lowest BCUT2D eigenvalue weighted by molar-refractivity contribution is -0.104. The molecule has 1 atom stereocenters. The second-order valence-electron chi connectivity index (χ2n) is 2.28. The predicted octanol–water partition coefficient (Wildman–Crippen LogP) is 1.62. The highest BCUT2D eigenvalue weighted by Crippen LogP contribution is 1.94. The van der Waals surface area contributed by atoms with Crippen LogP contribution in [0, 0.1) is 0 Å². The fraction of sp³-hybridized carbons (Fsp3) is 0.300.